The van der Waals surface area contributed by atoms with Crippen molar-refractivity contribution in [3.05, 3.63) is 59.1 Å². The lowest BCUT2D eigenvalue weighted by molar-refractivity contribution is 0.586. The lowest BCUT2D eigenvalue weighted by Gasteiger charge is -2.29. The molecule has 1 fully saturated rings. The Labute approximate surface area is 181 Å². The molecule has 2 N–H and O–H groups in total. The minimum Gasteiger partial charge on any atom is -0.353 e. The summed E-state index contributed by atoms with van der Waals surface area (Å²) in [6, 6.07) is 14.9. The third-order valence-electron chi connectivity index (χ3n) is 5.15. The lowest BCUT2D eigenvalue weighted by Crippen LogP contribution is -2.44. The van der Waals surface area contributed by atoms with Gasteiger partial charge in [0.2, 0.25) is 16.0 Å². The van der Waals surface area contributed by atoms with Crippen LogP contribution in [-0.2, 0) is 10.0 Å². The Balaban J connectivity index is 1.60. The summed E-state index contributed by atoms with van der Waals surface area (Å²) in [5, 5.41) is 4.86. The van der Waals surface area contributed by atoms with Crippen LogP contribution in [-0.4, -0.2) is 50.3 Å². The molecular formula is C21H24ClN5O2S. The molecule has 0 bridgehead atoms. The monoisotopic (exact) mass is 445 g/mol. The van der Waals surface area contributed by atoms with Crippen molar-refractivity contribution in [2.24, 2.45) is 0 Å². The minimum atomic E-state index is -3.65. The number of hydrogen-bond donors (Lipinski definition) is 2. The maximum Gasteiger partial charge on any atom is 0.239 e. The van der Waals surface area contributed by atoms with Gasteiger partial charge >= 0.3 is 0 Å². The first-order valence-corrected chi connectivity index (χ1v) is 11.9. The van der Waals surface area contributed by atoms with Crippen LogP contribution in [0, 0.1) is 0 Å². The normalized spacial score (nSPS) is 15.9. The van der Waals surface area contributed by atoms with Gasteiger partial charge in [-0.2, -0.15) is 4.98 Å². The number of fused-ring (bicyclic) bond motifs is 1. The van der Waals surface area contributed by atoms with E-state index in [0.717, 1.165) is 42.9 Å². The average Bonchev–Trinajstić information content (AvgIpc) is 2.73. The number of nitrogens with zero attached hydrogens (tertiary/aromatic N) is 3. The van der Waals surface area contributed by atoms with Gasteiger partial charge in [-0.3, -0.25) is 4.72 Å². The van der Waals surface area contributed by atoms with E-state index in [0.29, 0.717) is 10.5 Å². The van der Waals surface area contributed by atoms with Gasteiger partial charge in [0.15, 0.2) is 0 Å². The number of piperazine rings is 1. The fraction of sp³-hybridized carbons (Fsp3) is 0.333. The highest BCUT2D eigenvalue weighted by Gasteiger charge is 2.21. The number of para-hydroxylation sites is 1. The molecule has 2 heterocycles. The molecule has 2 aromatic carbocycles. The predicted octanol–water partition coefficient (Wildman–Crippen LogP) is 3.24. The number of anilines is 2. The van der Waals surface area contributed by atoms with Gasteiger partial charge in [-0.1, -0.05) is 42.8 Å². The van der Waals surface area contributed by atoms with E-state index in [4.69, 9.17) is 11.6 Å². The zero-order chi connectivity index (χ0) is 21.1. The van der Waals surface area contributed by atoms with Crippen LogP contribution < -0.4 is 14.9 Å². The Kier molecular flexibility index (Phi) is 6.08. The molecule has 3 aromatic rings. The van der Waals surface area contributed by atoms with Gasteiger partial charge in [-0.15, -0.1) is 0 Å². The second-order valence-corrected chi connectivity index (χ2v) is 9.66. The van der Waals surface area contributed by atoms with E-state index in [-0.39, 0.29) is 17.6 Å². The van der Waals surface area contributed by atoms with Crippen LogP contribution >= 0.6 is 11.6 Å². The SMILES string of the molecule is CC(CS(=O)(=O)Nc1nc(N2CCNCC2)c2ccccc2n1)c1ccc(Cl)cc1. The fourth-order valence-electron chi connectivity index (χ4n) is 3.62. The van der Waals surface area contributed by atoms with Gasteiger partial charge in [0.05, 0.1) is 11.3 Å². The molecule has 4 rings (SSSR count). The summed E-state index contributed by atoms with van der Waals surface area (Å²) >= 11 is 5.93. The lowest BCUT2D eigenvalue weighted by atomic mass is 10.0. The highest BCUT2D eigenvalue weighted by atomic mass is 35.5. The maximum absolute atomic E-state index is 12.8. The van der Waals surface area contributed by atoms with Crippen molar-refractivity contribution in [3.63, 3.8) is 0 Å². The van der Waals surface area contributed by atoms with E-state index in [9.17, 15) is 8.42 Å². The number of rotatable bonds is 6. The van der Waals surface area contributed by atoms with Gasteiger partial charge in [0.25, 0.3) is 0 Å². The molecule has 1 unspecified atom stereocenters. The van der Waals surface area contributed by atoms with Crippen molar-refractivity contribution in [3.8, 4) is 0 Å². The van der Waals surface area contributed by atoms with Crippen molar-refractivity contribution in [2.75, 3.05) is 41.6 Å². The molecule has 0 spiro atoms. The second-order valence-electron chi connectivity index (χ2n) is 7.46. The van der Waals surface area contributed by atoms with E-state index < -0.39 is 10.0 Å². The van der Waals surface area contributed by atoms with Crippen molar-refractivity contribution in [2.45, 2.75) is 12.8 Å². The molecule has 0 aliphatic carbocycles. The molecule has 1 saturated heterocycles. The van der Waals surface area contributed by atoms with Crippen LogP contribution in [0.25, 0.3) is 10.9 Å². The van der Waals surface area contributed by atoms with Crippen LogP contribution in [0.1, 0.15) is 18.4 Å². The molecule has 1 aliphatic rings. The maximum atomic E-state index is 12.8. The van der Waals surface area contributed by atoms with Crippen molar-refractivity contribution in [1.29, 1.82) is 0 Å². The molecule has 1 atom stereocenters. The van der Waals surface area contributed by atoms with Gasteiger partial charge in [-0.25, -0.2) is 13.4 Å². The number of benzene rings is 2. The Hall–Kier alpha value is -2.42. The standard InChI is InChI=1S/C21H24ClN5O2S/c1-15(16-6-8-17(22)9-7-16)14-30(28,29)26-21-24-19-5-3-2-4-18(19)20(25-21)27-12-10-23-11-13-27/h2-9,15,23H,10-14H2,1H3,(H,24,25,26). The van der Waals surface area contributed by atoms with Crippen molar-refractivity contribution < 1.29 is 8.42 Å². The van der Waals surface area contributed by atoms with Crippen LogP contribution in [0.5, 0.6) is 0 Å². The van der Waals surface area contributed by atoms with E-state index in [1.165, 1.54) is 0 Å². The molecule has 9 heteroatoms. The Bertz CT molecular complexity index is 1130. The first kappa shape index (κ1) is 20.8. The third-order valence-corrected chi connectivity index (χ3v) is 6.84. The Morgan fingerprint density at radius 1 is 1.10 bits per heavy atom. The van der Waals surface area contributed by atoms with E-state index in [2.05, 4.69) is 24.9 Å². The molecule has 0 radical (unpaired) electrons. The Morgan fingerprint density at radius 3 is 2.53 bits per heavy atom. The first-order valence-electron chi connectivity index (χ1n) is 9.90. The highest BCUT2D eigenvalue weighted by molar-refractivity contribution is 7.92. The number of sulfonamides is 1. The quantitative estimate of drug-likeness (QED) is 0.605. The third kappa shape index (κ3) is 4.83. The number of nitrogens with one attached hydrogen (secondary N) is 2. The summed E-state index contributed by atoms with van der Waals surface area (Å²) in [7, 11) is -3.65. The number of hydrogen-bond acceptors (Lipinski definition) is 6. The number of aromatic nitrogens is 2. The predicted molar refractivity (Wildman–Crippen MR) is 122 cm³/mol. The van der Waals surface area contributed by atoms with Crippen LogP contribution in [0.2, 0.25) is 5.02 Å². The van der Waals surface area contributed by atoms with Crippen LogP contribution in [0.4, 0.5) is 11.8 Å². The molecular weight excluding hydrogens is 422 g/mol. The van der Waals surface area contributed by atoms with Crippen LogP contribution in [0.3, 0.4) is 0 Å². The molecule has 1 aliphatic heterocycles. The molecule has 1 aromatic heterocycles. The Morgan fingerprint density at radius 2 is 1.80 bits per heavy atom. The summed E-state index contributed by atoms with van der Waals surface area (Å²) in [4.78, 5) is 11.2. The number of halogens is 1. The summed E-state index contributed by atoms with van der Waals surface area (Å²) in [6.07, 6.45) is 0. The van der Waals surface area contributed by atoms with Gasteiger partial charge in [-0.05, 0) is 35.7 Å². The smallest absolute Gasteiger partial charge is 0.239 e. The largest absolute Gasteiger partial charge is 0.353 e. The molecule has 30 heavy (non-hydrogen) atoms. The van der Waals surface area contributed by atoms with E-state index in [1.54, 1.807) is 12.1 Å². The summed E-state index contributed by atoms with van der Waals surface area (Å²) in [5.41, 5.74) is 1.62. The van der Waals surface area contributed by atoms with Gasteiger partial charge < -0.3 is 10.2 Å². The van der Waals surface area contributed by atoms with E-state index >= 15 is 0 Å². The summed E-state index contributed by atoms with van der Waals surface area (Å²) in [6.45, 7) is 5.20. The zero-order valence-corrected chi connectivity index (χ0v) is 18.2. The fourth-order valence-corrected chi connectivity index (χ4v) is 5.05. The van der Waals surface area contributed by atoms with E-state index in [1.807, 2.05) is 43.3 Å². The summed E-state index contributed by atoms with van der Waals surface area (Å²) < 4.78 is 28.3. The first-order chi connectivity index (χ1) is 14.4. The average molecular weight is 446 g/mol. The molecule has 158 valence electrons. The molecule has 0 amide bonds. The van der Waals surface area contributed by atoms with Crippen molar-refractivity contribution >= 4 is 44.3 Å². The van der Waals surface area contributed by atoms with Gasteiger partial charge in [0, 0.05) is 36.6 Å². The highest BCUT2D eigenvalue weighted by Crippen LogP contribution is 2.26. The topological polar surface area (TPSA) is 87.2 Å². The second kappa shape index (κ2) is 8.75. The zero-order valence-electron chi connectivity index (χ0n) is 16.7. The van der Waals surface area contributed by atoms with Crippen LogP contribution in [0.15, 0.2) is 48.5 Å². The minimum absolute atomic E-state index is 0.0756. The van der Waals surface area contributed by atoms with Gasteiger partial charge in [0.1, 0.15) is 5.82 Å². The molecule has 7 nitrogen and oxygen atoms in total. The summed E-state index contributed by atoms with van der Waals surface area (Å²) in [5.74, 6) is 0.581. The van der Waals surface area contributed by atoms with Crippen molar-refractivity contribution in [1.82, 2.24) is 15.3 Å². The molecule has 0 saturated carbocycles.